The zero-order valence-corrected chi connectivity index (χ0v) is 12.3. The van der Waals surface area contributed by atoms with E-state index in [1.165, 1.54) is 18.6 Å². The number of hydrogen-bond donors (Lipinski definition) is 2. The van der Waals surface area contributed by atoms with Gasteiger partial charge in [0, 0.05) is 17.7 Å². The Morgan fingerprint density at radius 3 is 2.81 bits per heavy atom. The van der Waals surface area contributed by atoms with E-state index in [1.807, 2.05) is 0 Å². The number of benzene rings is 1. The van der Waals surface area contributed by atoms with Crippen LogP contribution in [0, 0.1) is 18.8 Å². The maximum absolute atomic E-state index is 12.3. The summed E-state index contributed by atoms with van der Waals surface area (Å²) in [6.45, 7) is 1.61. The molecule has 0 saturated carbocycles. The second-order valence-electron chi connectivity index (χ2n) is 4.40. The Labute approximate surface area is 123 Å². The Morgan fingerprint density at radius 2 is 2.14 bits per heavy atom. The highest BCUT2D eigenvalue weighted by Crippen LogP contribution is 2.17. The molecule has 0 radical (unpaired) electrons. The molecule has 1 heterocycles. The highest BCUT2D eigenvalue weighted by atomic mass is 32.2. The minimum atomic E-state index is -3.64. The molecular weight excluding hydrogens is 290 g/mol. The summed E-state index contributed by atoms with van der Waals surface area (Å²) in [7, 11) is -3.64. The predicted molar refractivity (Wildman–Crippen MR) is 77.9 cm³/mol. The second-order valence-corrected chi connectivity index (χ2v) is 6.13. The quantitative estimate of drug-likeness (QED) is 0.837. The average Bonchev–Trinajstić information content (AvgIpc) is 2.97. The van der Waals surface area contributed by atoms with Crippen LogP contribution in [0.4, 0.5) is 0 Å². The molecule has 5 nitrogen and oxygen atoms in total. The Hall–Kier alpha value is -2.07. The van der Waals surface area contributed by atoms with Crippen molar-refractivity contribution in [1.29, 1.82) is 0 Å². The topological polar surface area (TPSA) is 79.5 Å². The second kappa shape index (κ2) is 6.59. The minimum absolute atomic E-state index is 0.158. The molecule has 0 amide bonds. The van der Waals surface area contributed by atoms with Crippen molar-refractivity contribution in [3.8, 4) is 11.8 Å². The third-order valence-corrected chi connectivity index (χ3v) is 4.38. The van der Waals surface area contributed by atoms with E-state index in [9.17, 15) is 8.42 Å². The van der Waals surface area contributed by atoms with Gasteiger partial charge in [0.1, 0.15) is 6.61 Å². The molecule has 0 bridgehead atoms. The molecule has 0 atom stereocenters. The van der Waals surface area contributed by atoms with Crippen LogP contribution >= 0.6 is 0 Å². The summed E-state index contributed by atoms with van der Waals surface area (Å²) in [6.07, 6.45) is 2.97. The Morgan fingerprint density at radius 1 is 1.33 bits per heavy atom. The van der Waals surface area contributed by atoms with Crippen molar-refractivity contribution in [2.75, 3.05) is 6.61 Å². The lowest BCUT2D eigenvalue weighted by molar-refractivity contribution is 0.350. The van der Waals surface area contributed by atoms with Crippen LogP contribution in [0.15, 0.2) is 46.1 Å². The first-order valence-corrected chi connectivity index (χ1v) is 7.72. The zero-order chi connectivity index (χ0) is 15.3. The summed E-state index contributed by atoms with van der Waals surface area (Å²) in [4.78, 5) is 0.177. The number of furan rings is 1. The number of sulfonamides is 1. The number of nitrogens with one attached hydrogen (secondary N) is 1. The van der Waals surface area contributed by atoms with Gasteiger partial charge >= 0.3 is 0 Å². The van der Waals surface area contributed by atoms with Gasteiger partial charge in [-0.2, -0.15) is 0 Å². The Bertz CT molecular complexity index is 768. The van der Waals surface area contributed by atoms with Crippen LogP contribution in [0.1, 0.15) is 16.7 Å². The molecule has 0 fully saturated rings. The number of aryl methyl sites for hydroxylation is 1. The summed E-state index contributed by atoms with van der Waals surface area (Å²) in [5, 5.41) is 8.69. The first kappa shape index (κ1) is 15.3. The van der Waals surface area contributed by atoms with E-state index in [0.717, 1.165) is 5.56 Å². The van der Waals surface area contributed by atoms with E-state index >= 15 is 0 Å². The van der Waals surface area contributed by atoms with Gasteiger partial charge in [-0.15, -0.1) is 0 Å². The van der Waals surface area contributed by atoms with E-state index < -0.39 is 10.0 Å². The van der Waals surface area contributed by atoms with Crippen molar-refractivity contribution in [3.05, 3.63) is 53.5 Å². The van der Waals surface area contributed by atoms with Crippen LogP contribution in [0.25, 0.3) is 0 Å². The standard InChI is InChI=1S/C15H15NO4S/c1-12-4-5-13(3-2-7-17)9-15(12)21(18,19)16-10-14-6-8-20-11-14/h4-6,8-9,11,16-17H,7,10H2,1H3. The van der Waals surface area contributed by atoms with Crippen molar-refractivity contribution in [2.24, 2.45) is 0 Å². The smallest absolute Gasteiger partial charge is 0.241 e. The highest BCUT2D eigenvalue weighted by molar-refractivity contribution is 7.89. The summed E-state index contributed by atoms with van der Waals surface area (Å²) in [5.74, 6) is 5.19. The lowest BCUT2D eigenvalue weighted by atomic mass is 10.1. The van der Waals surface area contributed by atoms with Gasteiger partial charge in [0.05, 0.1) is 17.4 Å². The molecule has 0 aliphatic carbocycles. The molecule has 2 N–H and O–H groups in total. The van der Waals surface area contributed by atoms with Crippen molar-refractivity contribution >= 4 is 10.0 Å². The summed E-state index contributed by atoms with van der Waals surface area (Å²) in [5.41, 5.74) is 1.91. The molecule has 21 heavy (non-hydrogen) atoms. The molecule has 0 unspecified atom stereocenters. The zero-order valence-electron chi connectivity index (χ0n) is 11.5. The van der Waals surface area contributed by atoms with Crippen molar-refractivity contribution in [1.82, 2.24) is 4.72 Å². The van der Waals surface area contributed by atoms with Gasteiger partial charge in [-0.25, -0.2) is 13.1 Å². The largest absolute Gasteiger partial charge is 0.472 e. The molecule has 6 heteroatoms. The molecule has 2 aromatic rings. The number of aliphatic hydroxyl groups excluding tert-OH is 1. The fraction of sp³-hybridized carbons (Fsp3) is 0.200. The van der Waals surface area contributed by atoms with Crippen molar-refractivity contribution in [2.45, 2.75) is 18.4 Å². The van der Waals surface area contributed by atoms with Crippen LogP contribution in [0.5, 0.6) is 0 Å². The van der Waals surface area contributed by atoms with Crippen LogP contribution in [0.2, 0.25) is 0 Å². The molecule has 0 aliphatic rings. The first-order valence-electron chi connectivity index (χ1n) is 6.24. The lowest BCUT2D eigenvalue weighted by Crippen LogP contribution is -2.23. The minimum Gasteiger partial charge on any atom is -0.472 e. The predicted octanol–water partition coefficient (Wildman–Crippen LogP) is 1.41. The molecule has 110 valence electrons. The van der Waals surface area contributed by atoms with Gasteiger partial charge in [0.15, 0.2) is 0 Å². The van der Waals surface area contributed by atoms with Gasteiger partial charge in [-0.05, 0) is 30.7 Å². The Kier molecular flexibility index (Phi) is 4.81. The lowest BCUT2D eigenvalue weighted by Gasteiger charge is -2.09. The molecule has 0 spiro atoms. The average molecular weight is 305 g/mol. The molecule has 2 rings (SSSR count). The van der Waals surface area contributed by atoms with Gasteiger partial charge in [0.25, 0.3) is 0 Å². The summed E-state index contributed by atoms with van der Waals surface area (Å²) < 4.78 is 32.1. The van der Waals surface area contributed by atoms with E-state index in [2.05, 4.69) is 16.6 Å². The normalized spacial score (nSPS) is 11.0. The van der Waals surface area contributed by atoms with Crippen LogP contribution < -0.4 is 4.72 Å². The first-order chi connectivity index (χ1) is 10.0. The van der Waals surface area contributed by atoms with Crippen LogP contribution in [0.3, 0.4) is 0 Å². The van der Waals surface area contributed by atoms with E-state index in [0.29, 0.717) is 11.1 Å². The van der Waals surface area contributed by atoms with Gasteiger partial charge in [-0.3, -0.25) is 0 Å². The summed E-state index contributed by atoms with van der Waals surface area (Å²) in [6, 6.07) is 6.59. The molecule has 0 saturated heterocycles. The fourth-order valence-electron chi connectivity index (χ4n) is 1.76. The Balaban J connectivity index is 2.26. The van der Waals surface area contributed by atoms with Gasteiger partial charge < -0.3 is 9.52 Å². The SMILES string of the molecule is Cc1ccc(C#CCO)cc1S(=O)(=O)NCc1ccoc1. The maximum Gasteiger partial charge on any atom is 0.241 e. The third kappa shape index (κ3) is 3.95. The maximum atomic E-state index is 12.3. The fourth-order valence-corrected chi connectivity index (χ4v) is 3.04. The molecule has 1 aromatic heterocycles. The van der Waals surface area contributed by atoms with Crippen molar-refractivity contribution < 1.29 is 17.9 Å². The molecule has 1 aromatic carbocycles. The van der Waals surface area contributed by atoms with E-state index in [-0.39, 0.29) is 18.0 Å². The molecular formula is C15H15NO4S. The third-order valence-electron chi connectivity index (χ3n) is 2.84. The molecule has 0 aliphatic heterocycles. The highest BCUT2D eigenvalue weighted by Gasteiger charge is 2.17. The summed E-state index contributed by atoms with van der Waals surface area (Å²) >= 11 is 0. The van der Waals surface area contributed by atoms with E-state index in [1.54, 1.807) is 25.1 Å². The van der Waals surface area contributed by atoms with Crippen LogP contribution in [-0.4, -0.2) is 20.1 Å². The van der Waals surface area contributed by atoms with Crippen molar-refractivity contribution in [3.63, 3.8) is 0 Å². The number of aliphatic hydroxyl groups is 1. The van der Waals surface area contributed by atoms with Gasteiger partial charge in [-0.1, -0.05) is 17.9 Å². The van der Waals surface area contributed by atoms with E-state index in [4.69, 9.17) is 9.52 Å². The van der Waals surface area contributed by atoms with Crippen LogP contribution in [-0.2, 0) is 16.6 Å². The number of hydrogen-bond acceptors (Lipinski definition) is 4. The monoisotopic (exact) mass is 305 g/mol. The van der Waals surface area contributed by atoms with Gasteiger partial charge in [0.2, 0.25) is 10.0 Å². The number of rotatable bonds is 4.